The molecule has 8 nitrogen and oxygen atoms in total. The highest BCUT2D eigenvalue weighted by atomic mass is 19.1. The van der Waals surface area contributed by atoms with Crippen LogP contribution in [0, 0.1) is 19.7 Å². The molecule has 9 heteroatoms. The zero-order valence-corrected chi connectivity index (χ0v) is 20.5. The molecule has 0 aliphatic heterocycles. The molecule has 4 rings (SSSR count). The lowest BCUT2D eigenvalue weighted by molar-refractivity contribution is -0.118. The number of rotatable bonds is 6. The molecule has 0 saturated heterocycles. The molecule has 0 unspecified atom stereocenters. The van der Waals surface area contributed by atoms with Crippen LogP contribution in [-0.2, 0) is 11.8 Å². The van der Waals surface area contributed by atoms with E-state index in [-0.39, 0.29) is 29.2 Å². The number of aryl methyl sites for hydroxylation is 1. The van der Waals surface area contributed by atoms with E-state index in [2.05, 4.69) is 15.6 Å². The summed E-state index contributed by atoms with van der Waals surface area (Å²) in [6, 6.07) is 9.28. The van der Waals surface area contributed by atoms with Crippen molar-refractivity contribution in [2.24, 2.45) is 7.05 Å². The predicted octanol–water partition coefficient (Wildman–Crippen LogP) is 3.70. The maximum atomic E-state index is 13.7. The summed E-state index contributed by atoms with van der Waals surface area (Å²) < 4.78 is 15.2. The quantitative estimate of drug-likeness (QED) is 0.359. The molecule has 2 heterocycles. The van der Waals surface area contributed by atoms with E-state index in [0.29, 0.717) is 53.9 Å². The normalized spacial score (nSPS) is 17.5. The zero-order chi connectivity index (χ0) is 26.0. The highest BCUT2D eigenvalue weighted by Gasteiger charge is 2.32. The van der Waals surface area contributed by atoms with Crippen LogP contribution in [0.25, 0.3) is 11.4 Å². The molecular weight excluding hydrogens is 463 g/mol. The predicted molar refractivity (Wildman–Crippen MR) is 133 cm³/mol. The molecule has 1 aromatic carbocycles. The van der Waals surface area contributed by atoms with Crippen molar-refractivity contribution in [3.63, 3.8) is 0 Å². The lowest BCUT2D eigenvalue weighted by Gasteiger charge is -2.25. The van der Waals surface area contributed by atoms with E-state index >= 15 is 0 Å². The average molecular weight is 493 g/mol. The van der Waals surface area contributed by atoms with Gasteiger partial charge in [-0.15, -0.1) is 0 Å². The van der Waals surface area contributed by atoms with Gasteiger partial charge in [0.25, 0.3) is 17.6 Å². The van der Waals surface area contributed by atoms with Crippen LogP contribution >= 0.6 is 0 Å². The molecule has 0 radical (unpaired) electrons. The molecule has 1 fully saturated rings. The first-order valence-corrected chi connectivity index (χ1v) is 11.9. The van der Waals surface area contributed by atoms with Crippen molar-refractivity contribution in [1.82, 2.24) is 14.9 Å². The summed E-state index contributed by atoms with van der Waals surface area (Å²) in [5, 5.41) is 15.3. The number of pyridine rings is 1. The summed E-state index contributed by atoms with van der Waals surface area (Å²) in [6.45, 7) is 3.22. The van der Waals surface area contributed by atoms with Gasteiger partial charge in [0.2, 0.25) is 0 Å². The van der Waals surface area contributed by atoms with Crippen LogP contribution in [-0.4, -0.2) is 44.4 Å². The van der Waals surface area contributed by atoms with Gasteiger partial charge in [0.15, 0.2) is 0 Å². The molecule has 3 N–H and O–H groups in total. The second kappa shape index (κ2) is 10.4. The van der Waals surface area contributed by atoms with Gasteiger partial charge < -0.3 is 20.3 Å². The standard InChI is InChI=1S/C27H29FN4O4/c1-15-14-18(9-12-20(15)28)31-26(35)22-16(2)23(32(3)24(22)21-6-4-5-13-29-21)25(34)27(36)30-17-7-10-19(33)11-8-17/h4-6,9,12-14,17,19,33H,7-8,10-11H2,1-3H3,(H,30,36)(H,31,35)/t17-,19+. The Hall–Kier alpha value is -3.85. The fourth-order valence-corrected chi connectivity index (χ4v) is 4.72. The van der Waals surface area contributed by atoms with Crippen molar-refractivity contribution in [2.75, 3.05) is 5.32 Å². The second-order valence-corrected chi connectivity index (χ2v) is 9.20. The number of hydrogen-bond acceptors (Lipinski definition) is 5. The molecular formula is C27H29FN4O4. The number of nitrogens with one attached hydrogen (secondary N) is 2. The Balaban J connectivity index is 1.70. The summed E-state index contributed by atoms with van der Waals surface area (Å²) in [6.07, 6.45) is 3.52. The third kappa shape index (κ3) is 5.06. The molecule has 36 heavy (non-hydrogen) atoms. The molecule has 188 valence electrons. The molecule has 2 aromatic heterocycles. The van der Waals surface area contributed by atoms with Crippen LogP contribution in [0.2, 0.25) is 0 Å². The van der Waals surface area contributed by atoms with Crippen molar-refractivity contribution in [3.8, 4) is 11.4 Å². The van der Waals surface area contributed by atoms with Crippen LogP contribution < -0.4 is 10.6 Å². The molecule has 3 aromatic rings. The van der Waals surface area contributed by atoms with Gasteiger partial charge in [0, 0.05) is 25.0 Å². The first kappa shape index (κ1) is 25.2. The number of nitrogens with zero attached hydrogens (tertiary/aromatic N) is 2. The Bertz CT molecular complexity index is 1310. The number of anilines is 1. The van der Waals surface area contributed by atoms with Gasteiger partial charge in [-0.1, -0.05) is 6.07 Å². The highest BCUT2D eigenvalue weighted by molar-refractivity contribution is 6.43. The Kier molecular flexibility index (Phi) is 7.30. The average Bonchev–Trinajstić information content (AvgIpc) is 3.12. The van der Waals surface area contributed by atoms with Gasteiger partial charge in [0.1, 0.15) is 5.82 Å². The van der Waals surface area contributed by atoms with Crippen molar-refractivity contribution < 1.29 is 23.9 Å². The van der Waals surface area contributed by atoms with E-state index < -0.39 is 17.6 Å². The lowest BCUT2D eigenvalue weighted by Crippen LogP contribution is -2.42. The fourth-order valence-electron chi connectivity index (χ4n) is 4.72. The summed E-state index contributed by atoms with van der Waals surface area (Å²) in [5.74, 6) is -2.40. The minimum atomic E-state index is -0.756. The number of carbonyl (C=O) groups excluding carboxylic acids is 3. The van der Waals surface area contributed by atoms with Crippen LogP contribution in [0.3, 0.4) is 0 Å². The maximum Gasteiger partial charge on any atom is 0.294 e. The van der Waals surface area contributed by atoms with Crippen LogP contribution in [0.1, 0.15) is 57.7 Å². The van der Waals surface area contributed by atoms with Gasteiger partial charge in [-0.25, -0.2) is 4.39 Å². The molecule has 2 amide bonds. The van der Waals surface area contributed by atoms with Crippen molar-refractivity contribution in [2.45, 2.75) is 51.7 Å². The number of hydrogen-bond donors (Lipinski definition) is 3. The molecule has 0 bridgehead atoms. The topological polar surface area (TPSA) is 113 Å². The Labute approximate surface area is 208 Å². The molecule has 0 spiro atoms. The second-order valence-electron chi connectivity index (χ2n) is 9.20. The number of aromatic nitrogens is 2. The van der Waals surface area contributed by atoms with Crippen LogP contribution in [0.5, 0.6) is 0 Å². The summed E-state index contributed by atoms with van der Waals surface area (Å²) in [7, 11) is 1.62. The van der Waals surface area contributed by atoms with Gasteiger partial charge in [0.05, 0.1) is 28.7 Å². The van der Waals surface area contributed by atoms with E-state index in [1.807, 2.05) is 0 Å². The van der Waals surface area contributed by atoms with Gasteiger partial charge >= 0.3 is 0 Å². The number of halogens is 1. The summed E-state index contributed by atoms with van der Waals surface area (Å²) in [4.78, 5) is 44.0. The van der Waals surface area contributed by atoms with Crippen LogP contribution in [0.15, 0.2) is 42.6 Å². The molecule has 1 aliphatic rings. The Morgan fingerprint density at radius 3 is 2.44 bits per heavy atom. The molecule has 0 atom stereocenters. The first-order chi connectivity index (χ1) is 17.2. The van der Waals surface area contributed by atoms with E-state index in [0.717, 1.165) is 0 Å². The van der Waals surface area contributed by atoms with Crippen molar-refractivity contribution in [1.29, 1.82) is 0 Å². The molecule has 1 saturated carbocycles. The minimum absolute atomic E-state index is 0.0874. The van der Waals surface area contributed by atoms with Gasteiger partial charge in [-0.3, -0.25) is 19.4 Å². The Morgan fingerprint density at radius 1 is 1.08 bits per heavy atom. The SMILES string of the molecule is Cc1cc(NC(=O)c2c(C)c(C(=O)C(=O)N[C@H]3CC[C@@H](O)CC3)n(C)c2-c2ccccn2)ccc1F. The number of amides is 2. The minimum Gasteiger partial charge on any atom is -0.393 e. The number of carbonyl (C=O) groups is 3. The third-order valence-corrected chi connectivity index (χ3v) is 6.64. The summed E-state index contributed by atoms with van der Waals surface area (Å²) >= 11 is 0. The van der Waals surface area contributed by atoms with E-state index in [9.17, 15) is 23.9 Å². The van der Waals surface area contributed by atoms with Crippen molar-refractivity contribution >= 4 is 23.3 Å². The smallest absolute Gasteiger partial charge is 0.294 e. The summed E-state index contributed by atoms with van der Waals surface area (Å²) in [5.41, 5.74) is 2.27. The Morgan fingerprint density at radius 2 is 1.81 bits per heavy atom. The maximum absolute atomic E-state index is 13.7. The van der Waals surface area contributed by atoms with E-state index in [1.54, 1.807) is 45.3 Å². The molecule has 1 aliphatic carbocycles. The van der Waals surface area contributed by atoms with Gasteiger partial charge in [-0.2, -0.15) is 0 Å². The van der Waals surface area contributed by atoms with E-state index in [1.165, 1.54) is 22.8 Å². The monoisotopic (exact) mass is 492 g/mol. The van der Waals surface area contributed by atoms with Gasteiger partial charge in [-0.05, 0) is 81.0 Å². The number of aliphatic hydroxyl groups excluding tert-OH is 1. The lowest BCUT2D eigenvalue weighted by atomic mass is 9.93. The fraction of sp³-hybridized carbons (Fsp3) is 0.333. The van der Waals surface area contributed by atoms with Crippen molar-refractivity contribution in [3.05, 3.63) is 70.8 Å². The van der Waals surface area contributed by atoms with Crippen LogP contribution in [0.4, 0.5) is 10.1 Å². The first-order valence-electron chi connectivity index (χ1n) is 11.9. The largest absolute Gasteiger partial charge is 0.393 e. The number of ketones is 1. The number of aliphatic hydroxyl groups is 1. The van der Waals surface area contributed by atoms with E-state index in [4.69, 9.17) is 0 Å². The zero-order valence-electron chi connectivity index (χ0n) is 20.5. The number of benzene rings is 1. The highest BCUT2D eigenvalue weighted by Crippen LogP contribution is 2.31. The number of Topliss-reactive ketones (excluding diaryl/α,β-unsaturated/α-hetero) is 1. The third-order valence-electron chi connectivity index (χ3n) is 6.64.